The number of nitrogens with one attached hydrogen (secondary N) is 1. The van der Waals surface area contributed by atoms with Gasteiger partial charge in [-0.3, -0.25) is 9.59 Å². The predicted molar refractivity (Wildman–Crippen MR) is 161 cm³/mol. The number of fused-ring (bicyclic) bond motifs is 1. The van der Waals surface area contributed by atoms with Gasteiger partial charge >= 0.3 is 0 Å². The summed E-state index contributed by atoms with van der Waals surface area (Å²) in [5.41, 5.74) is 1.69. The Balaban J connectivity index is 1.65. The summed E-state index contributed by atoms with van der Waals surface area (Å²) in [5.74, 6) is -0.0297. The van der Waals surface area contributed by atoms with Crippen LogP contribution in [0.3, 0.4) is 0 Å². The van der Waals surface area contributed by atoms with Crippen molar-refractivity contribution in [3.8, 4) is 5.75 Å². The number of nitrogens with zero attached hydrogens (tertiary/aromatic N) is 1. The normalized spacial score (nSPS) is 11.8. The van der Waals surface area contributed by atoms with Crippen molar-refractivity contribution in [3.05, 3.63) is 111 Å². The standard InChI is InChI=1S/C31H29BrCl2N2O3/c1-20(2)35-31(38)27(17-21-8-4-3-5-9-21)36(18-22-12-14-25(33)26(34)16-22)29(37)19-39-28-15-13-23-10-6-7-11-24(23)30(28)32/h3-16,20,27H,17-19H2,1-2H3,(H,35,38)/t27-/m0/s1. The molecular weight excluding hydrogens is 599 g/mol. The van der Waals surface area contributed by atoms with Gasteiger partial charge in [0.15, 0.2) is 6.61 Å². The van der Waals surface area contributed by atoms with E-state index in [1.165, 1.54) is 0 Å². The van der Waals surface area contributed by atoms with Crippen LogP contribution in [0.5, 0.6) is 5.75 Å². The lowest BCUT2D eigenvalue weighted by molar-refractivity contribution is -0.143. The molecule has 8 heteroatoms. The first-order valence-corrected chi connectivity index (χ1v) is 14.2. The van der Waals surface area contributed by atoms with Crippen molar-refractivity contribution in [2.75, 3.05) is 6.61 Å². The van der Waals surface area contributed by atoms with Crippen molar-refractivity contribution < 1.29 is 14.3 Å². The molecular formula is C31H29BrCl2N2O3. The molecule has 2 amide bonds. The number of amides is 2. The fourth-order valence-corrected chi connectivity index (χ4v) is 5.25. The van der Waals surface area contributed by atoms with Gasteiger partial charge in [-0.25, -0.2) is 0 Å². The molecule has 0 saturated carbocycles. The second kappa shape index (κ2) is 13.3. The molecule has 4 rings (SSSR count). The van der Waals surface area contributed by atoms with Gasteiger partial charge in [0.05, 0.1) is 14.5 Å². The first-order valence-electron chi connectivity index (χ1n) is 12.6. The topological polar surface area (TPSA) is 58.6 Å². The lowest BCUT2D eigenvalue weighted by Crippen LogP contribution is -2.52. The molecule has 0 aromatic heterocycles. The molecule has 0 bridgehead atoms. The highest BCUT2D eigenvalue weighted by atomic mass is 79.9. The molecule has 0 aliphatic carbocycles. The number of hydrogen-bond acceptors (Lipinski definition) is 3. The Bertz CT molecular complexity index is 1460. The van der Waals surface area contributed by atoms with Gasteiger partial charge in [0.25, 0.3) is 5.91 Å². The van der Waals surface area contributed by atoms with Crippen LogP contribution in [0.4, 0.5) is 0 Å². The van der Waals surface area contributed by atoms with Gasteiger partial charge < -0.3 is 15.0 Å². The van der Waals surface area contributed by atoms with E-state index in [2.05, 4.69) is 21.2 Å². The summed E-state index contributed by atoms with van der Waals surface area (Å²) in [6, 6.07) is 25.6. The van der Waals surface area contributed by atoms with Crippen LogP contribution >= 0.6 is 39.1 Å². The van der Waals surface area contributed by atoms with E-state index in [4.69, 9.17) is 27.9 Å². The number of carbonyl (C=O) groups is 2. The Morgan fingerprint density at radius 1 is 0.897 bits per heavy atom. The van der Waals surface area contributed by atoms with Crippen LogP contribution < -0.4 is 10.1 Å². The quantitative estimate of drug-likeness (QED) is 0.199. The fourth-order valence-electron chi connectivity index (χ4n) is 4.32. The lowest BCUT2D eigenvalue weighted by Gasteiger charge is -2.32. The Morgan fingerprint density at radius 2 is 1.62 bits per heavy atom. The summed E-state index contributed by atoms with van der Waals surface area (Å²) < 4.78 is 6.78. The number of halogens is 3. The first-order chi connectivity index (χ1) is 18.7. The number of ether oxygens (including phenoxy) is 1. The molecule has 4 aromatic rings. The highest BCUT2D eigenvalue weighted by molar-refractivity contribution is 9.10. The van der Waals surface area contributed by atoms with E-state index >= 15 is 0 Å². The van der Waals surface area contributed by atoms with E-state index in [-0.39, 0.29) is 31.0 Å². The molecule has 202 valence electrons. The summed E-state index contributed by atoms with van der Waals surface area (Å²) in [7, 11) is 0. The molecule has 5 nitrogen and oxygen atoms in total. The van der Waals surface area contributed by atoms with Crippen LogP contribution in [0.15, 0.2) is 89.4 Å². The van der Waals surface area contributed by atoms with Gasteiger partial charge in [0, 0.05) is 19.0 Å². The average Bonchev–Trinajstić information content (AvgIpc) is 2.92. The van der Waals surface area contributed by atoms with Gasteiger partial charge in [-0.1, -0.05) is 89.9 Å². The zero-order valence-corrected chi connectivity index (χ0v) is 24.8. The van der Waals surface area contributed by atoms with Gasteiger partial charge in [0.2, 0.25) is 5.91 Å². The van der Waals surface area contributed by atoms with E-state index < -0.39 is 6.04 Å². The first kappa shape index (κ1) is 28.9. The highest BCUT2D eigenvalue weighted by Crippen LogP contribution is 2.33. The Kier molecular flexibility index (Phi) is 9.89. The molecule has 0 fully saturated rings. The Labute approximate surface area is 247 Å². The third-order valence-corrected chi connectivity index (χ3v) is 7.77. The van der Waals surface area contributed by atoms with Gasteiger partial charge in [0.1, 0.15) is 11.8 Å². The summed E-state index contributed by atoms with van der Waals surface area (Å²) in [6.45, 7) is 3.69. The van der Waals surface area contributed by atoms with Crippen molar-refractivity contribution in [2.45, 2.75) is 38.9 Å². The second-order valence-corrected chi connectivity index (χ2v) is 11.1. The zero-order chi connectivity index (χ0) is 27.9. The van der Waals surface area contributed by atoms with Crippen LogP contribution in [0.1, 0.15) is 25.0 Å². The van der Waals surface area contributed by atoms with Crippen LogP contribution in [0, 0.1) is 0 Å². The molecule has 0 radical (unpaired) electrons. The van der Waals surface area contributed by atoms with Gasteiger partial charge in [-0.15, -0.1) is 0 Å². The van der Waals surface area contributed by atoms with Gasteiger partial charge in [-0.05, 0) is 69.9 Å². The summed E-state index contributed by atoms with van der Waals surface area (Å²) >= 11 is 16.0. The molecule has 1 atom stereocenters. The minimum Gasteiger partial charge on any atom is -0.483 e. The van der Waals surface area contributed by atoms with Crippen molar-refractivity contribution in [1.29, 1.82) is 0 Å². The number of rotatable bonds is 10. The Hall–Kier alpha value is -3.06. The maximum absolute atomic E-state index is 13.8. The molecule has 0 aliphatic heterocycles. The monoisotopic (exact) mass is 626 g/mol. The number of benzene rings is 4. The highest BCUT2D eigenvalue weighted by Gasteiger charge is 2.31. The Morgan fingerprint density at radius 3 is 2.33 bits per heavy atom. The molecule has 0 heterocycles. The lowest BCUT2D eigenvalue weighted by atomic mass is 10.0. The average molecular weight is 628 g/mol. The molecule has 39 heavy (non-hydrogen) atoms. The summed E-state index contributed by atoms with van der Waals surface area (Å²) in [5, 5.41) is 5.81. The van der Waals surface area contributed by atoms with Crippen molar-refractivity contribution in [2.24, 2.45) is 0 Å². The largest absolute Gasteiger partial charge is 0.483 e. The van der Waals surface area contributed by atoms with E-state index in [0.717, 1.165) is 26.4 Å². The third kappa shape index (κ3) is 7.53. The van der Waals surface area contributed by atoms with Crippen molar-refractivity contribution in [1.82, 2.24) is 10.2 Å². The minimum atomic E-state index is -0.777. The number of carbonyl (C=O) groups excluding carboxylic acids is 2. The predicted octanol–water partition coefficient (Wildman–Crippen LogP) is 7.45. The maximum Gasteiger partial charge on any atom is 0.261 e. The van der Waals surface area contributed by atoms with Crippen LogP contribution in [0.25, 0.3) is 10.8 Å². The molecule has 1 N–H and O–H groups in total. The zero-order valence-electron chi connectivity index (χ0n) is 21.7. The van der Waals surface area contributed by atoms with Crippen molar-refractivity contribution >= 4 is 61.7 Å². The van der Waals surface area contributed by atoms with Gasteiger partial charge in [-0.2, -0.15) is 0 Å². The van der Waals surface area contributed by atoms with Crippen LogP contribution in [-0.4, -0.2) is 35.4 Å². The minimum absolute atomic E-state index is 0.0949. The van der Waals surface area contributed by atoms with E-state index in [1.807, 2.05) is 80.6 Å². The molecule has 0 unspecified atom stereocenters. The molecule has 0 aliphatic rings. The summed E-state index contributed by atoms with van der Waals surface area (Å²) in [4.78, 5) is 28.9. The van der Waals surface area contributed by atoms with Crippen LogP contribution in [0.2, 0.25) is 10.0 Å². The SMILES string of the molecule is CC(C)NC(=O)[C@H](Cc1ccccc1)N(Cc1ccc(Cl)c(Cl)c1)C(=O)COc1ccc2ccccc2c1Br. The van der Waals surface area contributed by atoms with Crippen molar-refractivity contribution in [3.63, 3.8) is 0 Å². The van der Waals surface area contributed by atoms with Crippen LogP contribution in [-0.2, 0) is 22.6 Å². The maximum atomic E-state index is 13.8. The molecule has 0 spiro atoms. The molecule has 0 saturated heterocycles. The second-order valence-electron chi connectivity index (χ2n) is 9.53. The smallest absolute Gasteiger partial charge is 0.261 e. The number of hydrogen-bond donors (Lipinski definition) is 1. The van der Waals surface area contributed by atoms with E-state index in [0.29, 0.717) is 22.2 Å². The summed E-state index contributed by atoms with van der Waals surface area (Å²) in [6.07, 6.45) is 0.339. The molecule has 4 aromatic carbocycles. The van der Waals surface area contributed by atoms with E-state index in [1.54, 1.807) is 23.1 Å². The third-order valence-electron chi connectivity index (χ3n) is 6.22. The van der Waals surface area contributed by atoms with E-state index in [9.17, 15) is 9.59 Å². The fraction of sp³-hybridized carbons (Fsp3) is 0.226.